The molecule has 0 aliphatic rings. The Hall–Kier alpha value is -1.40. The van der Waals surface area contributed by atoms with Crippen LogP contribution in [-0.4, -0.2) is 7.11 Å². The van der Waals surface area contributed by atoms with E-state index in [2.05, 4.69) is 0 Å². The molecule has 1 atom stereocenters. The van der Waals surface area contributed by atoms with Crippen molar-refractivity contribution in [1.29, 1.82) is 5.26 Å². The molecule has 68 valence electrons. The van der Waals surface area contributed by atoms with Gasteiger partial charge in [0, 0.05) is 7.11 Å². The summed E-state index contributed by atoms with van der Waals surface area (Å²) in [6, 6.07) is 6.27. The Morgan fingerprint density at radius 1 is 1.54 bits per heavy atom. The van der Waals surface area contributed by atoms with Gasteiger partial charge in [-0.25, -0.2) is 4.39 Å². The second-order valence-electron chi connectivity index (χ2n) is 2.75. The average molecular weight is 179 g/mol. The summed E-state index contributed by atoms with van der Waals surface area (Å²) >= 11 is 0. The highest BCUT2D eigenvalue weighted by Gasteiger charge is 2.11. The number of halogens is 1. The molecule has 0 aliphatic carbocycles. The number of nitrogens with zero attached hydrogens (tertiary/aromatic N) is 1. The standard InChI is InChI=1S/C10H10FNO/c1-7-5-8(11)3-4-9(7)10(6-12)13-2/h3-5,10H,1-2H3. The van der Waals surface area contributed by atoms with E-state index in [0.717, 1.165) is 5.56 Å². The summed E-state index contributed by atoms with van der Waals surface area (Å²) in [6.45, 7) is 1.75. The van der Waals surface area contributed by atoms with Crippen molar-refractivity contribution in [3.63, 3.8) is 0 Å². The van der Waals surface area contributed by atoms with Crippen molar-refractivity contribution in [2.45, 2.75) is 13.0 Å². The van der Waals surface area contributed by atoms with Gasteiger partial charge in [0.1, 0.15) is 5.82 Å². The van der Waals surface area contributed by atoms with Crippen molar-refractivity contribution >= 4 is 0 Å². The molecule has 2 nitrogen and oxygen atoms in total. The monoisotopic (exact) mass is 179 g/mol. The van der Waals surface area contributed by atoms with Crippen LogP contribution in [0.4, 0.5) is 4.39 Å². The molecule has 0 heterocycles. The van der Waals surface area contributed by atoms with E-state index in [1.807, 2.05) is 6.07 Å². The number of hydrogen-bond donors (Lipinski definition) is 0. The number of benzene rings is 1. The van der Waals surface area contributed by atoms with Gasteiger partial charge in [0.15, 0.2) is 6.10 Å². The van der Waals surface area contributed by atoms with E-state index in [9.17, 15) is 4.39 Å². The van der Waals surface area contributed by atoms with Gasteiger partial charge in [-0.1, -0.05) is 6.07 Å². The predicted octanol–water partition coefficient (Wildman–Crippen LogP) is 2.35. The molecule has 0 radical (unpaired) electrons. The lowest BCUT2D eigenvalue weighted by Crippen LogP contribution is -2.00. The molecule has 0 bridgehead atoms. The fraction of sp³-hybridized carbons (Fsp3) is 0.300. The van der Waals surface area contributed by atoms with Crippen LogP contribution >= 0.6 is 0 Å². The van der Waals surface area contributed by atoms with Gasteiger partial charge >= 0.3 is 0 Å². The minimum atomic E-state index is -0.611. The lowest BCUT2D eigenvalue weighted by Gasteiger charge is -2.09. The van der Waals surface area contributed by atoms with E-state index < -0.39 is 6.10 Å². The second kappa shape index (κ2) is 4.01. The van der Waals surface area contributed by atoms with Gasteiger partial charge in [0.25, 0.3) is 0 Å². The third-order valence-electron chi connectivity index (χ3n) is 1.87. The van der Waals surface area contributed by atoms with Gasteiger partial charge in [0.2, 0.25) is 0 Å². The minimum Gasteiger partial charge on any atom is -0.362 e. The fourth-order valence-electron chi connectivity index (χ4n) is 1.18. The topological polar surface area (TPSA) is 33.0 Å². The van der Waals surface area contributed by atoms with Crippen LogP contribution in [0.25, 0.3) is 0 Å². The van der Waals surface area contributed by atoms with Crippen LogP contribution in [0.2, 0.25) is 0 Å². The van der Waals surface area contributed by atoms with Crippen molar-refractivity contribution in [3.05, 3.63) is 35.1 Å². The normalized spacial score (nSPS) is 12.2. The molecule has 0 spiro atoms. The highest BCUT2D eigenvalue weighted by Crippen LogP contribution is 2.20. The molecule has 0 N–H and O–H groups in total. The maximum atomic E-state index is 12.7. The summed E-state index contributed by atoms with van der Waals surface area (Å²) in [6.07, 6.45) is -0.611. The molecule has 1 rings (SSSR count). The molecule has 13 heavy (non-hydrogen) atoms. The quantitative estimate of drug-likeness (QED) is 0.698. The van der Waals surface area contributed by atoms with E-state index in [1.165, 1.54) is 19.2 Å². The molecule has 0 saturated carbocycles. The minimum absolute atomic E-state index is 0.297. The molecule has 1 aromatic carbocycles. The first-order chi connectivity index (χ1) is 6.19. The molecule has 3 heteroatoms. The zero-order valence-corrected chi connectivity index (χ0v) is 7.54. The molecule has 1 unspecified atom stereocenters. The zero-order chi connectivity index (χ0) is 9.84. The summed E-state index contributed by atoms with van der Waals surface area (Å²) in [4.78, 5) is 0. The highest BCUT2D eigenvalue weighted by atomic mass is 19.1. The number of nitriles is 1. The van der Waals surface area contributed by atoms with E-state index in [0.29, 0.717) is 5.56 Å². The van der Waals surface area contributed by atoms with Crippen molar-refractivity contribution in [2.75, 3.05) is 7.11 Å². The van der Waals surface area contributed by atoms with Crippen LogP contribution in [-0.2, 0) is 4.74 Å². The van der Waals surface area contributed by atoms with Crippen molar-refractivity contribution in [2.24, 2.45) is 0 Å². The first kappa shape index (κ1) is 9.69. The average Bonchev–Trinajstić information content (AvgIpc) is 2.10. The third-order valence-corrected chi connectivity index (χ3v) is 1.87. The van der Waals surface area contributed by atoms with Crippen LogP contribution in [0, 0.1) is 24.1 Å². The molecular formula is C10H10FNO. The maximum absolute atomic E-state index is 12.7. The van der Waals surface area contributed by atoms with Crippen LogP contribution in [0.3, 0.4) is 0 Å². The van der Waals surface area contributed by atoms with Crippen molar-refractivity contribution in [3.8, 4) is 6.07 Å². The van der Waals surface area contributed by atoms with Crippen LogP contribution in [0.1, 0.15) is 17.2 Å². The first-order valence-electron chi connectivity index (χ1n) is 3.87. The van der Waals surface area contributed by atoms with Crippen molar-refractivity contribution < 1.29 is 9.13 Å². The second-order valence-corrected chi connectivity index (χ2v) is 2.75. The molecule has 0 saturated heterocycles. The van der Waals surface area contributed by atoms with Gasteiger partial charge < -0.3 is 4.74 Å². The van der Waals surface area contributed by atoms with Gasteiger partial charge in [-0.3, -0.25) is 0 Å². The maximum Gasteiger partial charge on any atom is 0.168 e. The molecule has 0 fully saturated rings. The van der Waals surface area contributed by atoms with E-state index in [-0.39, 0.29) is 5.82 Å². The lowest BCUT2D eigenvalue weighted by molar-refractivity contribution is 0.148. The predicted molar refractivity (Wildman–Crippen MR) is 46.5 cm³/mol. The summed E-state index contributed by atoms with van der Waals surface area (Å²) in [7, 11) is 1.46. The smallest absolute Gasteiger partial charge is 0.168 e. The summed E-state index contributed by atoms with van der Waals surface area (Å²) in [5.74, 6) is -0.297. The van der Waals surface area contributed by atoms with Crippen molar-refractivity contribution in [1.82, 2.24) is 0 Å². The summed E-state index contributed by atoms with van der Waals surface area (Å²) in [5, 5.41) is 8.70. The third kappa shape index (κ3) is 2.04. The number of ether oxygens (including phenoxy) is 1. The SMILES string of the molecule is COC(C#N)c1ccc(F)cc1C. The van der Waals surface area contributed by atoms with Crippen LogP contribution in [0.5, 0.6) is 0 Å². The van der Waals surface area contributed by atoms with E-state index in [1.54, 1.807) is 13.0 Å². The molecular weight excluding hydrogens is 169 g/mol. The Balaban J connectivity index is 3.09. The molecule has 1 aromatic rings. The Kier molecular flexibility index (Phi) is 2.99. The lowest BCUT2D eigenvalue weighted by atomic mass is 10.0. The Labute approximate surface area is 76.6 Å². The highest BCUT2D eigenvalue weighted by molar-refractivity contribution is 5.31. The summed E-state index contributed by atoms with van der Waals surface area (Å²) in [5.41, 5.74) is 1.44. The molecule has 0 amide bonds. The number of rotatable bonds is 2. The van der Waals surface area contributed by atoms with Crippen LogP contribution < -0.4 is 0 Å². The zero-order valence-electron chi connectivity index (χ0n) is 7.54. The van der Waals surface area contributed by atoms with E-state index in [4.69, 9.17) is 10.00 Å². The van der Waals surface area contributed by atoms with Gasteiger partial charge in [-0.2, -0.15) is 5.26 Å². The largest absolute Gasteiger partial charge is 0.362 e. The Bertz CT molecular complexity index is 343. The van der Waals surface area contributed by atoms with Gasteiger partial charge in [0.05, 0.1) is 6.07 Å². The van der Waals surface area contributed by atoms with Gasteiger partial charge in [-0.15, -0.1) is 0 Å². The summed E-state index contributed by atoms with van der Waals surface area (Å²) < 4.78 is 17.6. The molecule has 0 aromatic heterocycles. The molecule has 0 aliphatic heterocycles. The first-order valence-corrected chi connectivity index (χ1v) is 3.87. The number of methoxy groups -OCH3 is 1. The number of hydrogen-bond acceptors (Lipinski definition) is 2. The Morgan fingerprint density at radius 3 is 2.69 bits per heavy atom. The van der Waals surface area contributed by atoms with E-state index >= 15 is 0 Å². The fourth-order valence-corrected chi connectivity index (χ4v) is 1.18. The number of aryl methyl sites for hydroxylation is 1. The Morgan fingerprint density at radius 2 is 2.23 bits per heavy atom. The van der Waals surface area contributed by atoms with Crippen LogP contribution in [0.15, 0.2) is 18.2 Å². The van der Waals surface area contributed by atoms with Gasteiger partial charge in [-0.05, 0) is 30.2 Å².